The Bertz CT molecular complexity index is 1050. The second kappa shape index (κ2) is 10.6. The maximum atomic E-state index is 13.0. The SMILES string of the molecule is CCOC(=O)N1CCN(C(=O)[C@H](CC(=O)O)NC(=O)c2cc(OC)c3ccccc3n2)CC1. The number of hydrogen-bond acceptors (Lipinski definition) is 7. The normalized spacial score (nSPS) is 14.5. The van der Waals surface area contributed by atoms with Crippen molar-refractivity contribution in [3.63, 3.8) is 0 Å². The Labute approximate surface area is 190 Å². The molecule has 1 aliphatic heterocycles. The first-order valence-corrected chi connectivity index (χ1v) is 10.5. The fourth-order valence-corrected chi connectivity index (χ4v) is 3.58. The quantitative estimate of drug-likeness (QED) is 0.629. The van der Waals surface area contributed by atoms with E-state index in [1.54, 1.807) is 25.1 Å². The number of nitrogens with one attached hydrogen (secondary N) is 1. The van der Waals surface area contributed by atoms with Crippen LogP contribution in [0.5, 0.6) is 5.75 Å². The van der Waals surface area contributed by atoms with Crippen LogP contribution < -0.4 is 10.1 Å². The van der Waals surface area contributed by atoms with Gasteiger partial charge in [0.15, 0.2) is 0 Å². The second-order valence-corrected chi connectivity index (χ2v) is 7.36. The maximum Gasteiger partial charge on any atom is 0.409 e. The molecule has 1 aromatic carbocycles. The minimum atomic E-state index is -1.29. The zero-order chi connectivity index (χ0) is 24.0. The Morgan fingerprint density at radius 3 is 2.42 bits per heavy atom. The third-order valence-corrected chi connectivity index (χ3v) is 5.23. The summed E-state index contributed by atoms with van der Waals surface area (Å²) in [6.45, 7) is 2.86. The average molecular weight is 458 g/mol. The van der Waals surface area contributed by atoms with Crippen molar-refractivity contribution >= 4 is 34.8 Å². The van der Waals surface area contributed by atoms with Gasteiger partial charge in [-0.25, -0.2) is 9.78 Å². The molecule has 1 atom stereocenters. The first-order valence-electron chi connectivity index (χ1n) is 10.5. The summed E-state index contributed by atoms with van der Waals surface area (Å²) in [7, 11) is 1.47. The Balaban J connectivity index is 1.74. The molecule has 176 valence electrons. The van der Waals surface area contributed by atoms with Crippen LogP contribution >= 0.6 is 0 Å². The molecule has 0 spiro atoms. The van der Waals surface area contributed by atoms with Crippen molar-refractivity contribution in [1.29, 1.82) is 0 Å². The van der Waals surface area contributed by atoms with E-state index in [1.807, 2.05) is 6.07 Å². The van der Waals surface area contributed by atoms with E-state index in [1.165, 1.54) is 23.0 Å². The number of nitrogens with zero attached hydrogens (tertiary/aromatic N) is 3. The Morgan fingerprint density at radius 2 is 1.79 bits per heavy atom. The third-order valence-electron chi connectivity index (χ3n) is 5.23. The summed E-state index contributed by atoms with van der Waals surface area (Å²) in [4.78, 5) is 56.3. The standard InChI is InChI=1S/C22H26N4O7/c1-3-33-22(31)26-10-8-25(9-11-26)21(30)17(13-19(27)28)24-20(29)16-12-18(32-2)14-6-4-5-7-15(14)23-16/h4-7,12,17H,3,8-11,13H2,1-2H3,(H,24,29)(H,27,28)/t17-/m0/s1. The van der Waals surface area contributed by atoms with E-state index in [9.17, 15) is 24.3 Å². The molecule has 3 rings (SSSR count). The number of aliphatic carboxylic acids is 1. The van der Waals surface area contributed by atoms with Gasteiger partial charge in [0, 0.05) is 37.6 Å². The predicted molar refractivity (Wildman–Crippen MR) is 117 cm³/mol. The molecule has 2 N–H and O–H groups in total. The molecule has 11 heteroatoms. The van der Waals surface area contributed by atoms with Crippen LogP contribution in [0.25, 0.3) is 10.9 Å². The molecular weight excluding hydrogens is 432 g/mol. The average Bonchev–Trinajstić information content (AvgIpc) is 2.82. The van der Waals surface area contributed by atoms with Crippen LogP contribution in [0.1, 0.15) is 23.8 Å². The molecule has 0 aliphatic carbocycles. The monoisotopic (exact) mass is 458 g/mol. The lowest BCUT2D eigenvalue weighted by molar-refractivity contribution is -0.143. The molecule has 11 nitrogen and oxygen atoms in total. The van der Waals surface area contributed by atoms with Gasteiger partial charge >= 0.3 is 12.1 Å². The van der Waals surface area contributed by atoms with Crippen LogP contribution in [0, 0.1) is 0 Å². The van der Waals surface area contributed by atoms with E-state index in [0.29, 0.717) is 16.7 Å². The Morgan fingerprint density at radius 1 is 1.12 bits per heavy atom. The van der Waals surface area contributed by atoms with Gasteiger partial charge in [0.05, 0.1) is 25.7 Å². The van der Waals surface area contributed by atoms with Gasteiger partial charge in [-0.3, -0.25) is 14.4 Å². The number of benzene rings is 1. The van der Waals surface area contributed by atoms with Crippen LogP contribution in [0.15, 0.2) is 30.3 Å². The number of carbonyl (C=O) groups excluding carboxylic acids is 3. The number of hydrogen-bond donors (Lipinski definition) is 2. The molecule has 0 bridgehead atoms. The van der Waals surface area contributed by atoms with Gasteiger partial charge in [0.1, 0.15) is 17.5 Å². The van der Waals surface area contributed by atoms with Crippen LogP contribution in [-0.2, 0) is 14.3 Å². The van der Waals surface area contributed by atoms with E-state index in [-0.39, 0.29) is 38.5 Å². The molecule has 0 radical (unpaired) electrons. The van der Waals surface area contributed by atoms with E-state index in [0.717, 1.165) is 0 Å². The van der Waals surface area contributed by atoms with Gasteiger partial charge in [0.2, 0.25) is 5.91 Å². The van der Waals surface area contributed by atoms with Gasteiger partial charge in [-0.2, -0.15) is 0 Å². The summed E-state index contributed by atoms with van der Waals surface area (Å²) in [5, 5.41) is 12.5. The van der Waals surface area contributed by atoms with Gasteiger partial charge in [-0.1, -0.05) is 12.1 Å². The van der Waals surface area contributed by atoms with E-state index in [4.69, 9.17) is 9.47 Å². The molecule has 0 saturated carbocycles. The van der Waals surface area contributed by atoms with Crippen LogP contribution in [0.2, 0.25) is 0 Å². The molecular formula is C22H26N4O7. The molecule has 33 heavy (non-hydrogen) atoms. The molecule has 2 aromatic rings. The van der Waals surface area contributed by atoms with Gasteiger partial charge < -0.3 is 29.7 Å². The van der Waals surface area contributed by atoms with Crippen molar-refractivity contribution in [2.75, 3.05) is 39.9 Å². The summed E-state index contributed by atoms with van der Waals surface area (Å²) in [6.07, 6.45) is -1.05. The van der Waals surface area contributed by atoms with E-state index < -0.39 is 36.3 Å². The number of ether oxygens (including phenoxy) is 2. The highest BCUT2D eigenvalue weighted by atomic mass is 16.6. The summed E-state index contributed by atoms with van der Waals surface area (Å²) < 4.78 is 10.3. The number of para-hydroxylation sites is 1. The highest BCUT2D eigenvalue weighted by molar-refractivity contribution is 6.00. The summed E-state index contributed by atoms with van der Waals surface area (Å²) in [5.41, 5.74) is 0.527. The first kappa shape index (κ1) is 23.8. The molecule has 1 saturated heterocycles. The largest absolute Gasteiger partial charge is 0.496 e. The van der Waals surface area contributed by atoms with Crippen molar-refractivity contribution in [2.24, 2.45) is 0 Å². The summed E-state index contributed by atoms with van der Waals surface area (Å²) >= 11 is 0. The van der Waals surface area contributed by atoms with Crippen molar-refractivity contribution in [3.8, 4) is 5.75 Å². The van der Waals surface area contributed by atoms with Gasteiger partial charge in [-0.15, -0.1) is 0 Å². The predicted octanol–water partition coefficient (Wildman–Crippen LogP) is 1.12. The number of fused-ring (bicyclic) bond motifs is 1. The smallest absolute Gasteiger partial charge is 0.409 e. The molecule has 1 aliphatic rings. The van der Waals surface area contributed by atoms with Crippen LogP contribution in [0.3, 0.4) is 0 Å². The number of amides is 3. The Kier molecular flexibility index (Phi) is 7.65. The minimum Gasteiger partial charge on any atom is -0.496 e. The number of piperazine rings is 1. The molecule has 1 fully saturated rings. The lowest BCUT2D eigenvalue weighted by Gasteiger charge is -2.35. The first-order chi connectivity index (χ1) is 15.8. The highest BCUT2D eigenvalue weighted by Gasteiger charge is 2.32. The molecule has 1 aromatic heterocycles. The maximum absolute atomic E-state index is 13.0. The van der Waals surface area contributed by atoms with Crippen molar-refractivity contribution < 1.29 is 33.8 Å². The number of methoxy groups -OCH3 is 1. The molecule has 0 unspecified atom stereocenters. The summed E-state index contributed by atoms with van der Waals surface area (Å²) in [5.74, 6) is -2.03. The van der Waals surface area contributed by atoms with Gasteiger partial charge in [0.25, 0.3) is 5.91 Å². The molecule has 3 amide bonds. The van der Waals surface area contributed by atoms with Crippen LogP contribution in [-0.4, -0.2) is 89.7 Å². The lowest BCUT2D eigenvalue weighted by atomic mass is 10.1. The van der Waals surface area contributed by atoms with Gasteiger partial charge in [-0.05, 0) is 19.1 Å². The van der Waals surface area contributed by atoms with E-state index >= 15 is 0 Å². The van der Waals surface area contributed by atoms with Crippen LogP contribution in [0.4, 0.5) is 4.79 Å². The fraction of sp³-hybridized carbons (Fsp3) is 0.409. The number of aromatic nitrogens is 1. The third kappa shape index (κ3) is 5.68. The minimum absolute atomic E-state index is 0.000805. The number of carboxylic acids is 1. The Hall–Kier alpha value is -3.89. The topological polar surface area (TPSA) is 138 Å². The van der Waals surface area contributed by atoms with Crippen molar-refractivity contribution in [1.82, 2.24) is 20.1 Å². The van der Waals surface area contributed by atoms with E-state index in [2.05, 4.69) is 10.3 Å². The van der Waals surface area contributed by atoms with Crippen molar-refractivity contribution in [2.45, 2.75) is 19.4 Å². The lowest BCUT2D eigenvalue weighted by Crippen LogP contribution is -2.56. The zero-order valence-electron chi connectivity index (χ0n) is 18.4. The number of carbonyl (C=O) groups is 4. The zero-order valence-corrected chi connectivity index (χ0v) is 18.4. The fourth-order valence-electron chi connectivity index (χ4n) is 3.58. The molecule has 2 heterocycles. The van der Waals surface area contributed by atoms with Crippen molar-refractivity contribution in [3.05, 3.63) is 36.0 Å². The number of rotatable bonds is 7. The number of carboxylic acid groups (broad SMARTS) is 1. The number of pyridine rings is 1. The highest BCUT2D eigenvalue weighted by Crippen LogP contribution is 2.25. The second-order valence-electron chi connectivity index (χ2n) is 7.36. The summed E-state index contributed by atoms with van der Waals surface area (Å²) in [6, 6.07) is 7.26.